The molecule has 1 N–H and O–H groups in total. The summed E-state index contributed by atoms with van der Waals surface area (Å²) in [6.07, 6.45) is -4.92. The van der Waals surface area contributed by atoms with Crippen LogP contribution in [0.25, 0.3) is 0 Å². The van der Waals surface area contributed by atoms with Crippen LogP contribution in [0, 0.1) is 0 Å². The second kappa shape index (κ2) is 6.72. The predicted molar refractivity (Wildman–Crippen MR) is 84.5 cm³/mol. The van der Waals surface area contributed by atoms with Gasteiger partial charge in [0.15, 0.2) is 5.75 Å². The SMILES string of the molecule is CC(C)c1ccc(S(=O)(=O)Nc2ccccc2OC(F)(F)F)cc1. The van der Waals surface area contributed by atoms with E-state index in [1.165, 1.54) is 30.3 Å². The van der Waals surface area contributed by atoms with Crippen molar-refractivity contribution in [3.63, 3.8) is 0 Å². The smallest absolute Gasteiger partial charge is 0.404 e. The molecule has 0 unspecified atom stereocenters. The van der Waals surface area contributed by atoms with Crippen molar-refractivity contribution in [2.45, 2.75) is 31.0 Å². The molecule has 0 spiro atoms. The molecule has 0 saturated heterocycles. The van der Waals surface area contributed by atoms with Crippen LogP contribution in [0.15, 0.2) is 53.4 Å². The van der Waals surface area contributed by atoms with Crippen molar-refractivity contribution in [1.29, 1.82) is 0 Å². The second-order valence-corrected chi connectivity index (χ2v) is 7.06. The maximum absolute atomic E-state index is 12.4. The van der Waals surface area contributed by atoms with Crippen molar-refractivity contribution >= 4 is 15.7 Å². The third-order valence-corrected chi connectivity index (χ3v) is 4.60. The standard InChI is InChI=1S/C16H16F3NO3S/c1-11(2)12-7-9-13(10-8-12)24(21,22)20-14-5-3-4-6-15(14)23-16(17,18)19/h3-11,20H,1-2H3. The van der Waals surface area contributed by atoms with Crippen LogP contribution in [0.3, 0.4) is 0 Å². The summed E-state index contributed by atoms with van der Waals surface area (Å²) < 4.78 is 67.9. The van der Waals surface area contributed by atoms with E-state index in [1.807, 2.05) is 13.8 Å². The summed E-state index contributed by atoms with van der Waals surface area (Å²) in [5, 5.41) is 0. The Balaban J connectivity index is 2.29. The minimum absolute atomic E-state index is 0.0475. The molecular formula is C16H16F3NO3S. The highest BCUT2D eigenvalue weighted by Gasteiger charge is 2.32. The Morgan fingerprint density at radius 1 is 1.00 bits per heavy atom. The Hall–Kier alpha value is -2.22. The van der Waals surface area contributed by atoms with Gasteiger partial charge >= 0.3 is 6.36 Å². The number of alkyl halides is 3. The maximum atomic E-state index is 12.4. The zero-order valence-corrected chi connectivity index (χ0v) is 13.8. The number of hydrogen-bond donors (Lipinski definition) is 1. The summed E-state index contributed by atoms with van der Waals surface area (Å²) in [5.74, 6) is -0.386. The van der Waals surface area contributed by atoms with Crippen LogP contribution in [-0.2, 0) is 10.0 Å². The fourth-order valence-corrected chi connectivity index (χ4v) is 3.07. The van der Waals surface area contributed by atoms with Gasteiger partial charge < -0.3 is 4.74 Å². The molecule has 8 heteroatoms. The molecule has 0 heterocycles. The van der Waals surface area contributed by atoms with Gasteiger partial charge in [0.05, 0.1) is 10.6 Å². The summed E-state index contributed by atoms with van der Waals surface area (Å²) >= 11 is 0. The van der Waals surface area contributed by atoms with Gasteiger partial charge in [-0.2, -0.15) is 0 Å². The monoisotopic (exact) mass is 359 g/mol. The summed E-state index contributed by atoms with van der Waals surface area (Å²) in [5.41, 5.74) is 0.664. The van der Waals surface area contributed by atoms with Crippen molar-refractivity contribution in [1.82, 2.24) is 0 Å². The Kier molecular flexibility index (Phi) is 5.08. The first-order valence-corrected chi connectivity index (χ1v) is 8.54. The number of nitrogens with one attached hydrogen (secondary N) is 1. The molecule has 0 atom stereocenters. The lowest BCUT2D eigenvalue weighted by Gasteiger charge is -2.15. The molecule has 0 amide bonds. The highest BCUT2D eigenvalue weighted by Crippen LogP contribution is 2.31. The van der Waals surface area contributed by atoms with Crippen molar-refractivity contribution in [2.75, 3.05) is 4.72 Å². The number of halogens is 3. The van der Waals surface area contributed by atoms with Crippen LogP contribution in [0.2, 0.25) is 0 Å². The lowest BCUT2D eigenvalue weighted by molar-refractivity contribution is -0.274. The summed E-state index contributed by atoms with van der Waals surface area (Å²) in [7, 11) is -4.03. The molecule has 0 aliphatic rings. The molecule has 2 aromatic carbocycles. The van der Waals surface area contributed by atoms with Gasteiger partial charge in [0.2, 0.25) is 0 Å². The average Bonchev–Trinajstić information content (AvgIpc) is 2.48. The van der Waals surface area contributed by atoms with Gasteiger partial charge in [0.25, 0.3) is 10.0 Å². The normalized spacial score (nSPS) is 12.2. The van der Waals surface area contributed by atoms with Crippen molar-refractivity contribution in [2.24, 2.45) is 0 Å². The molecule has 4 nitrogen and oxygen atoms in total. The van der Waals surface area contributed by atoms with E-state index in [1.54, 1.807) is 12.1 Å². The van der Waals surface area contributed by atoms with E-state index < -0.39 is 22.1 Å². The van der Waals surface area contributed by atoms with Crippen LogP contribution in [0.4, 0.5) is 18.9 Å². The van der Waals surface area contributed by atoms with Crippen LogP contribution < -0.4 is 9.46 Å². The van der Waals surface area contributed by atoms with Gasteiger partial charge in [-0.3, -0.25) is 4.72 Å². The molecule has 0 fully saturated rings. The summed E-state index contributed by atoms with van der Waals surface area (Å²) in [4.78, 5) is -0.0475. The quantitative estimate of drug-likeness (QED) is 0.855. The first kappa shape index (κ1) is 18.1. The topological polar surface area (TPSA) is 55.4 Å². The van der Waals surface area contributed by atoms with E-state index in [4.69, 9.17) is 0 Å². The number of anilines is 1. The highest BCUT2D eigenvalue weighted by molar-refractivity contribution is 7.92. The molecule has 24 heavy (non-hydrogen) atoms. The lowest BCUT2D eigenvalue weighted by Crippen LogP contribution is -2.19. The first-order chi connectivity index (χ1) is 11.1. The molecule has 0 aliphatic heterocycles. The Morgan fingerprint density at radius 2 is 1.58 bits per heavy atom. The minimum Gasteiger partial charge on any atom is -0.404 e. The minimum atomic E-state index is -4.92. The van der Waals surface area contributed by atoms with Gasteiger partial charge in [-0.05, 0) is 35.7 Å². The summed E-state index contributed by atoms with van der Waals surface area (Å²) in [6, 6.07) is 11.1. The highest BCUT2D eigenvalue weighted by atomic mass is 32.2. The van der Waals surface area contributed by atoms with E-state index in [2.05, 4.69) is 9.46 Å². The largest absolute Gasteiger partial charge is 0.573 e. The van der Waals surface area contributed by atoms with Gasteiger partial charge in [0, 0.05) is 0 Å². The maximum Gasteiger partial charge on any atom is 0.573 e. The molecule has 130 valence electrons. The molecule has 2 aromatic rings. The Labute approximate surface area is 138 Å². The van der Waals surface area contributed by atoms with Gasteiger partial charge in [-0.25, -0.2) is 8.42 Å². The lowest BCUT2D eigenvalue weighted by atomic mass is 10.0. The Morgan fingerprint density at radius 3 is 2.12 bits per heavy atom. The van der Waals surface area contributed by atoms with Gasteiger partial charge in [0.1, 0.15) is 0 Å². The van der Waals surface area contributed by atoms with E-state index in [9.17, 15) is 21.6 Å². The predicted octanol–water partition coefficient (Wildman–Crippen LogP) is 4.51. The number of sulfonamides is 1. The van der Waals surface area contributed by atoms with E-state index in [-0.39, 0.29) is 16.5 Å². The molecular weight excluding hydrogens is 343 g/mol. The van der Waals surface area contributed by atoms with Crippen molar-refractivity contribution in [3.8, 4) is 5.75 Å². The zero-order valence-electron chi connectivity index (χ0n) is 13.0. The molecule has 2 rings (SSSR count). The number of rotatable bonds is 5. The van der Waals surface area contributed by atoms with E-state index in [0.29, 0.717) is 0 Å². The number of benzene rings is 2. The van der Waals surface area contributed by atoms with Gasteiger partial charge in [-0.1, -0.05) is 38.1 Å². The molecule has 0 aromatic heterocycles. The van der Waals surface area contributed by atoms with Crippen molar-refractivity contribution < 1.29 is 26.3 Å². The first-order valence-electron chi connectivity index (χ1n) is 7.06. The second-order valence-electron chi connectivity index (χ2n) is 5.37. The molecule has 0 aliphatic carbocycles. The summed E-state index contributed by atoms with van der Waals surface area (Å²) in [6.45, 7) is 3.93. The van der Waals surface area contributed by atoms with Crippen LogP contribution in [0.5, 0.6) is 5.75 Å². The van der Waals surface area contributed by atoms with E-state index in [0.717, 1.165) is 11.6 Å². The van der Waals surface area contributed by atoms with Crippen molar-refractivity contribution in [3.05, 3.63) is 54.1 Å². The number of ether oxygens (including phenoxy) is 1. The van der Waals surface area contributed by atoms with Crippen LogP contribution in [-0.4, -0.2) is 14.8 Å². The third-order valence-electron chi connectivity index (χ3n) is 3.21. The Bertz CT molecular complexity index is 800. The molecule has 0 radical (unpaired) electrons. The number of para-hydroxylation sites is 2. The fraction of sp³-hybridized carbons (Fsp3) is 0.250. The third kappa shape index (κ3) is 4.64. The average molecular weight is 359 g/mol. The van der Waals surface area contributed by atoms with E-state index >= 15 is 0 Å². The fourth-order valence-electron chi connectivity index (χ4n) is 2.00. The number of hydrogen-bond acceptors (Lipinski definition) is 3. The molecule has 0 saturated carbocycles. The van der Waals surface area contributed by atoms with Crippen LogP contribution in [0.1, 0.15) is 25.3 Å². The molecule has 0 bridgehead atoms. The van der Waals surface area contributed by atoms with Gasteiger partial charge in [-0.15, -0.1) is 13.2 Å². The van der Waals surface area contributed by atoms with Crippen LogP contribution >= 0.6 is 0 Å². The zero-order chi connectivity index (χ0) is 18.0.